The highest BCUT2D eigenvalue weighted by Crippen LogP contribution is 2.09. The molecule has 1 atom stereocenters. The molecule has 0 aliphatic heterocycles. The van der Waals surface area contributed by atoms with Crippen molar-refractivity contribution in [2.45, 2.75) is 31.6 Å². The lowest BCUT2D eigenvalue weighted by Gasteiger charge is -2.17. The van der Waals surface area contributed by atoms with Gasteiger partial charge in [0.1, 0.15) is 0 Å². The molecule has 0 aromatic rings. The Balaban J connectivity index is 3.56. The van der Waals surface area contributed by atoms with E-state index in [-0.39, 0.29) is 8.80 Å². The standard InChI is InChI=1S/C7H18NSi2/c1-5-10(6-8-3)7(2)9-4/h7-8H,5-6H2,1-4H3. The first-order valence-corrected chi connectivity index (χ1v) is 7.49. The van der Waals surface area contributed by atoms with Crippen LogP contribution in [0.4, 0.5) is 0 Å². The maximum absolute atomic E-state index is 3.28. The third kappa shape index (κ3) is 3.53. The quantitative estimate of drug-likeness (QED) is 0.618. The molecule has 59 valence electrons. The van der Waals surface area contributed by atoms with Crippen molar-refractivity contribution in [2.24, 2.45) is 0 Å². The van der Waals surface area contributed by atoms with E-state index in [0.717, 1.165) is 14.7 Å². The summed E-state index contributed by atoms with van der Waals surface area (Å²) in [6, 6.07) is 1.41. The van der Waals surface area contributed by atoms with Crippen LogP contribution in [0.5, 0.6) is 0 Å². The van der Waals surface area contributed by atoms with Crippen molar-refractivity contribution in [3.63, 3.8) is 0 Å². The van der Waals surface area contributed by atoms with Crippen LogP contribution in [-0.2, 0) is 0 Å². The van der Waals surface area contributed by atoms with Gasteiger partial charge in [-0.05, 0) is 13.2 Å². The lowest BCUT2D eigenvalue weighted by Crippen LogP contribution is -2.32. The van der Waals surface area contributed by atoms with Gasteiger partial charge in [-0.25, -0.2) is 0 Å². The Hall–Kier alpha value is 0.394. The smallest absolute Gasteiger partial charge is 0.0641 e. The zero-order valence-corrected chi connectivity index (χ0v) is 9.49. The number of rotatable bonds is 5. The second-order valence-corrected chi connectivity index (χ2v) is 7.82. The highest BCUT2D eigenvalue weighted by Gasteiger charge is 2.14. The van der Waals surface area contributed by atoms with Crippen molar-refractivity contribution in [1.82, 2.24) is 5.32 Å². The lowest BCUT2D eigenvalue weighted by atomic mass is 10.9. The van der Waals surface area contributed by atoms with E-state index in [2.05, 4.69) is 32.8 Å². The fourth-order valence-electron chi connectivity index (χ4n) is 1.02. The summed E-state index contributed by atoms with van der Waals surface area (Å²) in [6.45, 7) is 7.04. The average Bonchev–Trinajstić information content (AvgIpc) is 1.99. The minimum atomic E-state index is -0.0622. The van der Waals surface area contributed by atoms with Gasteiger partial charge in [-0.3, -0.25) is 0 Å². The second-order valence-electron chi connectivity index (χ2n) is 2.55. The van der Waals surface area contributed by atoms with Gasteiger partial charge in [0.05, 0.1) is 8.80 Å². The van der Waals surface area contributed by atoms with Crippen molar-refractivity contribution in [1.29, 1.82) is 0 Å². The van der Waals surface area contributed by atoms with Crippen molar-refractivity contribution in [3.05, 3.63) is 0 Å². The molecular formula is C7H18NSi2. The molecule has 0 rings (SSSR count). The van der Waals surface area contributed by atoms with Gasteiger partial charge in [0.2, 0.25) is 0 Å². The van der Waals surface area contributed by atoms with Gasteiger partial charge in [0.15, 0.2) is 0 Å². The summed E-state index contributed by atoms with van der Waals surface area (Å²) in [5, 5.41) is 4.29. The Bertz CT molecular complexity index is 78.0. The summed E-state index contributed by atoms with van der Waals surface area (Å²) in [4.78, 5) is 0. The van der Waals surface area contributed by atoms with Crippen LogP contribution in [0.2, 0.25) is 17.8 Å². The molecule has 0 amide bonds. The highest BCUT2D eigenvalue weighted by molar-refractivity contribution is 6.71. The molecule has 3 radical (unpaired) electrons. The molecule has 0 aromatic heterocycles. The van der Waals surface area contributed by atoms with E-state index >= 15 is 0 Å². The van der Waals surface area contributed by atoms with Crippen LogP contribution in [0.15, 0.2) is 0 Å². The molecule has 0 spiro atoms. The minimum Gasteiger partial charge on any atom is -0.323 e. The summed E-state index contributed by atoms with van der Waals surface area (Å²) in [7, 11) is 3.13. The first kappa shape index (κ1) is 10.4. The Morgan fingerprint density at radius 1 is 1.60 bits per heavy atom. The molecule has 1 unspecified atom stereocenters. The van der Waals surface area contributed by atoms with Crippen LogP contribution in [0.3, 0.4) is 0 Å². The van der Waals surface area contributed by atoms with Gasteiger partial charge < -0.3 is 5.32 Å². The monoisotopic (exact) mass is 172 g/mol. The van der Waals surface area contributed by atoms with Gasteiger partial charge in [-0.2, -0.15) is 0 Å². The molecule has 0 bridgehead atoms. The van der Waals surface area contributed by atoms with E-state index in [4.69, 9.17) is 0 Å². The van der Waals surface area contributed by atoms with E-state index in [1.165, 1.54) is 12.2 Å². The topological polar surface area (TPSA) is 12.0 Å². The molecular weight excluding hydrogens is 154 g/mol. The van der Waals surface area contributed by atoms with Crippen molar-refractivity contribution >= 4 is 18.3 Å². The second kappa shape index (κ2) is 6.13. The van der Waals surface area contributed by atoms with Gasteiger partial charge >= 0.3 is 0 Å². The van der Waals surface area contributed by atoms with Gasteiger partial charge in [0.25, 0.3) is 0 Å². The van der Waals surface area contributed by atoms with Crippen LogP contribution < -0.4 is 5.32 Å². The summed E-state index contributed by atoms with van der Waals surface area (Å²) >= 11 is 0. The Morgan fingerprint density at radius 2 is 2.20 bits per heavy atom. The van der Waals surface area contributed by atoms with Crippen molar-refractivity contribution < 1.29 is 0 Å². The fourth-order valence-corrected chi connectivity index (χ4v) is 5.19. The molecule has 0 saturated carbocycles. The molecule has 1 N–H and O–H groups in total. The van der Waals surface area contributed by atoms with Crippen LogP contribution >= 0.6 is 0 Å². The SMILES string of the molecule is CC[Si](CNC)C(C)[Si]C. The Morgan fingerprint density at radius 3 is 2.50 bits per heavy atom. The van der Waals surface area contributed by atoms with E-state index in [1.807, 2.05) is 0 Å². The third-order valence-electron chi connectivity index (χ3n) is 1.90. The lowest BCUT2D eigenvalue weighted by molar-refractivity contribution is 0.937. The van der Waals surface area contributed by atoms with Gasteiger partial charge in [-0.1, -0.05) is 31.6 Å². The normalized spacial score (nSPS) is 14.1. The van der Waals surface area contributed by atoms with Crippen LogP contribution in [0, 0.1) is 0 Å². The molecule has 0 fully saturated rings. The largest absolute Gasteiger partial charge is 0.323 e. The van der Waals surface area contributed by atoms with E-state index in [0.29, 0.717) is 0 Å². The molecule has 10 heavy (non-hydrogen) atoms. The van der Waals surface area contributed by atoms with Crippen LogP contribution in [-0.4, -0.2) is 31.5 Å². The summed E-state index contributed by atoms with van der Waals surface area (Å²) < 4.78 is 0. The van der Waals surface area contributed by atoms with Crippen molar-refractivity contribution in [3.8, 4) is 0 Å². The van der Waals surface area contributed by atoms with Crippen molar-refractivity contribution in [2.75, 3.05) is 13.2 Å². The zero-order chi connectivity index (χ0) is 7.98. The number of nitrogens with one attached hydrogen (secondary N) is 1. The fraction of sp³-hybridized carbons (Fsp3) is 1.00. The van der Waals surface area contributed by atoms with E-state index in [1.54, 1.807) is 0 Å². The molecule has 3 heteroatoms. The first-order valence-electron chi connectivity index (χ1n) is 3.92. The average molecular weight is 172 g/mol. The highest BCUT2D eigenvalue weighted by atomic mass is 28.3. The molecule has 0 aliphatic rings. The predicted octanol–water partition coefficient (Wildman–Crippen LogP) is 1.36. The third-order valence-corrected chi connectivity index (χ3v) is 7.80. The first-order chi connectivity index (χ1) is 4.76. The predicted molar refractivity (Wildman–Crippen MR) is 51.2 cm³/mol. The van der Waals surface area contributed by atoms with Gasteiger partial charge in [-0.15, -0.1) is 0 Å². The van der Waals surface area contributed by atoms with Crippen LogP contribution in [0.1, 0.15) is 13.8 Å². The summed E-state index contributed by atoms with van der Waals surface area (Å²) in [5.74, 6) is 0. The number of hydrogen-bond donors (Lipinski definition) is 1. The van der Waals surface area contributed by atoms with E-state index in [9.17, 15) is 0 Å². The van der Waals surface area contributed by atoms with Gasteiger partial charge in [0, 0.05) is 9.52 Å². The zero-order valence-electron chi connectivity index (χ0n) is 7.49. The molecule has 0 aromatic carbocycles. The molecule has 1 nitrogen and oxygen atoms in total. The maximum atomic E-state index is 3.28. The minimum absolute atomic E-state index is 0.0622. The Labute approximate surface area is 69.0 Å². The van der Waals surface area contributed by atoms with Crippen LogP contribution in [0.25, 0.3) is 0 Å². The summed E-state index contributed by atoms with van der Waals surface area (Å²) in [6.07, 6.45) is 1.28. The molecule has 0 heterocycles. The molecule has 0 aliphatic carbocycles. The number of hydrogen-bond acceptors (Lipinski definition) is 1. The summed E-state index contributed by atoms with van der Waals surface area (Å²) in [5.41, 5.74) is 0. The maximum Gasteiger partial charge on any atom is 0.0641 e. The Kier molecular flexibility index (Phi) is 6.37. The molecule has 0 saturated heterocycles. The van der Waals surface area contributed by atoms with E-state index < -0.39 is 0 Å².